The first-order valence-corrected chi connectivity index (χ1v) is 18.9. The SMILES string of the molecule is CCc1c(F)ccc2cc(O)cc(-c3ncc4c(N5CCOC[C@@](C)(O)C5)nc(OCC56CCC[C@H]5N(CC5CN(C(C)=O)C5)CCC6)nc4c3F)c12. The van der Waals surface area contributed by atoms with E-state index in [1.165, 1.54) is 24.4 Å². The smallest absolute Gasteiger partial charge is 0.319 e. The van der Waals surface area contributed by atoms with Crippen molar-refractivity contribution in [1.29, 1.82) is 0 Å². The highest BCUT2D eigenvalue weighted by Crippen LogP contribution is 2.48. The molecule has 2 N–H and O–H groups in total. The number of rotatable bonds is 8. The summed E-state index contributed by atoms with van der Waals surface area (Å²) >= 11 is 0. The molecule has 3 aliphatic heterocycles. The second kappa shape index (κ2) is 13.9. The van der Waals surface area contributed by atoms with Crippen LogP contribution in [0, 0.1) is 23.0 Å². The lowest BCUT2D eigenvalue weighted by Crippen LogP contribution is -2.58. The first-order valence-electron chi connectivity index (χ1n) is 18.9. The number of carbonyl (C=O) groups is 1. The van der Waals surface area contributed by atoms with Gasteiger partial charge in [0.15, 0.2) is 5.82 Å². The Kier molecular flexibility index (Phi) is 9.39. The number of fused-ring (bicyclic) bond motifs is 3. The predicted octanol–water partition coefficient (Wildman–Crippen LogP) is 5.47. The average molecular weight is 731 g/mol. The first-order chi connectivity index (χ1) is 25.4. The van der Waals surface area contributed by atoms with Gasteiger partial charge < -0.3 is 29.5 Å². The molecule has 282 valence electrons. The van der Waals surface area contributed by atoms with Crippen molar-refractivity contribution >= 4 is 33.4 Å². The van der Waals surface area contributed by atoms with Crippen molar-refractivity contribution in [2.75, 3.05) is 64.0 Å². The van der Waals surface area contributed by atoms with Crippen molar-refractivity contribution in [3.63, 3.8) is 0 Å². The van der Waals surface area contributed by atoms with Gasteiger partial charge in [0.1, 0.15) is 34.2 Å². The minimum absolute atomic E-state index is 0.0171. The van der Waals surface area contributed by atoms with Crippen molar-refractivity contribution in [3.8, 4) is 23.0 Å². The lowest BCUT2D eigenvalue weighted by Gasteiger charge is -2.49. The van der Waals surface area contributed by atoms with Crippen LogP contribution >= 0.6 is 0 Å². The van der Waals surface area contributed by atoms with Crippen LogP contribution < -0.4 is 9.64 Å². The number of likely N-dealkylation sites (tertiary alicyclic amines) is 2. The largest absolute Gasteiger partial charge is 0.508 e. The number of phenols is 1. The lowest BCUT2D eigenvalue weighted by atomic mass is 9.75. The van der Waals surface area contributed by atoms with E-state index in [2.05, 4.69) is 9.88 Å². The number of carbonyl (C=O) groups excluding carboxylic acids is 1. The van der Waals surface area contributed by atoms with Crippen molar-refractivity contribution in [3.05, 3.63) is 47.7 Å². The number of β-amino-alcohol motifs (C(OH)–C–C–N with tert-alkyl or cyclic N) is 1. The van der Waals surface area contributed by atoms with E-state index in [1.807, 2.05) is 16.7 Å². The number of phenolic OH excluding ortho intramolecular Hbond substituents is 1. The fourth-order valence-corrected chi connectivity index (χ4v) is 9.44. The number of aliphatic hydroxyl groups is 1. The van der Waals surface area contributed by atoms with Crippen molar-refractivity contribution in [1.82, 2.24) is 24.8 Å². The molecule has 5 heterocycles. The van der Waals surface area contributed by atoms with E-state index in [-0.39, 0.29) is 53.0 Å². The van der Waals surface area contributed by atoms with E-state index in [0.717, 1.165) is 58.3 Å². The van der Waals surface area contributed by atoms with Crippen molar-refractivity contribution in [2.24, 2.45) is 11.3 Å². The zero-order valence-electron chi connectivity index (χ0n) is 30.7. The quantitative estimate of drug-likeness (QED) is 0.241. The number of pyridine rings is 1. The number of hydrogen-bond donors (Lipinski definition) is 2. The Morgan fingerprint density at radius 2 is 1.94 bits per heavy atom. The summed E-state index contributed by atoms with van der Waals surface area (Å²) in [5.74, 6) is -0.281. The average Bonchev–Trinajstić information content (AvgIpc) is 3.46. The van der Waals surface area contributed by atoms with Crippen molar-refractivity contribution < 1.29 is 33.3 Å². The fraction of sp³-hybridized carbons (Fsp3) is 0.550. The Morgan fingerprint density at radius 1 is 1.13 bits per heavy atom. The summed E-state index contributed by atoms with van der Waals surface area (Å²) in [5.41, 5.74) is -0.723. The zero-order chi connectivity index (χ0) is 37.1. The Labute approximate surface area is 307 Å². The number of aromatic nitrogens is 3. The number of ether oxygens (including phenoxy) is 2. The third-order valence-corrected chi connectivity index (χ3v) is 12.0. The number of aromatic hydroxyl groups is 1. The lowest BCUT2D eigenvalue weighted by molar-refractivity contribution is -0.136. The molecule has 13 heteroatoms. The van der Waals surface area contributed by atoms with Gasteiger partial charge in [-0.1, -0.05) is 19.4 Å². The highest BCUT2D eigenvalue weighted by Gasteiger charge is 2.49. The maximum absolute atomic E-state index is 17.1. The van der Waals surface area contributed by atoms with E-state index in [0.29, 0.717) is 65.7 Å². The Bertz CT molecular complexity index is 2060. The van der Waals surface area contributed by atoms with Crippen LogP contribution in [-0.4, -0.2) is 112 Å². The van der Waals surface area contributed by atoms with Gasteiger partial charge in [0.2, 0.25) is 5.91 Å². The standard InChI is InChI=1S/C40H48F2N6O5/c1-4-28-31(41)9-8-26-15-27(50)16-29(33(26)28)35-34(42)36-30(17-43-35)37(47-13-14-52-22-39(3,51)21-47)45-38(44-36)53-23-40-10-5-7-32(40)46(12-6-11-40)18-25-19-48(20-25)24(2)49/h8-9,15-17,25,32,50-51H,4-7,10-14,18-23H2,1-3H3/t32-,39+,40?/m1/s1. The van der Waals surface area contributed by atoms with Gasteiger partial charge in [-0.05, 0) is 80.1 Å². The number of anilines is 1. The highest BCUT2D eigenvalue weighted by molar-refractivity contribution is 6.01. The molecule has 3 saturated heterocycles. The van der Waals surface area contributed by atoms with Crippen molar-refractivity contribution in [2.45, 2.75) is 70.9 Å². The van der Waals surface area contributed by atoms with Crippen LogP contribution in [0.3, 0.4) is 0 Å². The molecule has 0 spiro atoms. The van der Waals surface area contributed by atoms with Crippen LogP contribution in [-0.2, 0) is 16.0 Å². The van der Waals surface area contributed by atoms with Crippen LogP contribution in [0.15, 0.2) is 30.5 Å². The molecular weight excluding hydrogens is 682 g/mol. The van der Waals surface area contributed by atoms with Gasteiger partial charge in [-0.2, -0.15) is 9.97 Å². The summed E-state index contributed by atoms with van der Waals surface area (Å²) in [6.45, 7) is 10.2. The second-order valence-electron chi connectivity index (χ2n) is 15.9. The molecule has 11 nitrogen and oxygen atoms in total. The maximum atomic E-state index is 17.1. The molecule has 2 aromatic carbocycles. The molecule has 4 aliphatic rings. The van der Waals surface area contributed by atoms with E-state index < -0.39 is 17.2 Å². The van der Waals surface area contributed by atoms with Gasteiger partial charge in [0.25, 0.3) is 0 Å². The molecule has 4 fully saturated rings. The fourth-order valence-electron chi connectivity index (χ4n) is 9.44. The summed E-state index contributed by atoms with van der Waals surface area (Å²) in [6, 6.07) is 6.23. The van der Waals surface area contributed by atoms with Crippen LogP contribution in [0.25, 0.3) is 32.9 Å². The number of benzene rings is 2. The molecule has 1 aliphatic carbocycles. The van der Waals surface area contributed by atoms with Gasteiger partial charge in [0.05, 0.1) is 31.8 Å². The molecule has 1 unspecified atom stereocenters. The molecular formula is C40H48F2N6O5. The third-order valence-electron chi connectivity index (χ3n) is 12.0. The Morgan fingerprint density at radius 3 is 2.74 bits per heavy atom. The molecule has 53 heavy (non-hydrogen) atoms. The zero-order valence-corrected chi connectivity index (χ0v) is 30.7. The number of amides is 1. The van der Waals surface area contributed by atoms with Gasteiger partial charge in [-0.15, -0.1) is 0 Å². The summed E-state index contributed by atoms with van der Waals surface area (Å²) in [5, 5.41) is 23.2. The molecule has 1 amide bonds. The minimum Gasteiger partial charge on any atom is -0.508 e. The summed E-state index contributed by atoms with van der Waals surface area (Å²) in [6.07, 6.45) is 7.08. The first kappa shape index (κ1) is 35.8. The maximum Gasteiger partial charge on any atom is 0.319 e. The molecule has 0 bridgehead atoms. The van der Waals surface area contributed by atoms with E-state index in [1.54, 1.807) is 19.9 Å². The van der Waals surface area contributed by atoms with Crippen LogP contribution in [0.2, 0.25) is 0 Å². The molecule has 2 aromatic heterocycles. The summed E-state index contributed by atoms with van der Waals surface area (Å²) in [4.78, 5) is 32.3. The van der Waals surface area contributed by atoms with Gasteiger partial charge in [0, 0.05) is 62.2 Å². The van der Waals surface area contributed by atoms with E-state index >= 15 is 8.78 Å². The Balaban J connectivity index is 1.18. The number of aryl methyl sites for hydroxylation is 1. The molecule has 1 saturated carbocycles. The highest BCUT2D eigenvalue weighted by atomic mass is 19.1. The number of halogens is 2. The van der Waals surface area contributed by atoms with Crippen LogP contribution in [0.4, 0.5) is 14.6 Å². The van der Waals surface area contributed by atoms with Gasteiger partial charge >= 0.3 is 6.01 Å². The van der Waals surface area contributed by atoms with Gasteiger partial charge in [-0.25, -0.2) is 8.78 Å². The summed E-state index contributed by atoms with van der Waals surface area (Å²) in [7, 11) is 0. The number of piperidine rings is 1. The van der Waals surface area contributed by atoms with Crippen LogP contribution in [0.1, 0.15) is 58.4 Å². The van der Waals surface area contributed by atoms with Gasteiger partial charge in [-0.3, -0.25) is 14.7 Å². The van der Waals surface area contributed by atoms with Crippen LogP contribution in [0.5, 0.6) is 11.8 Å². The molecule has 8 rings (SSSR count). The molecule has 4 aromatic rings. The monoisotopic (exact) mass is 730 g/mol. The Hall–Kier alpha value is -4.20. The van der Waals surface area contributed by atoms with E-state index in [4.69, 9.17) is 19.4 Å². The minimum atomic E-state index is -1.19. The second-order valence-corrected chi connectivity index (χ2v) is 15.9. The predicted molar refractivity (Wildman–Crippen MR) is 197 cm³/mol. The third kappa shape index (κ3) is 6.65. The molecule has 0 radical (unpaired) electrons. The normalized spacial score (nSPS) is 25.4. The number of nitrogens with zero attached hydrogens (tertiary/aromatic N) is 6. The topological polar surface area (TPSA) is 124 Å². The van der Waals surface area contributed by atoms with E-state index in [9.17, 15) is 15.0 Å². The molecule has 3 atom stereocenters. The number of hydrogen-bond acceptors (Lipinski definition) is 10. The summed E-state index contributed by atoms with van der Waals surface area (Å²) < 4.78 is 44.4.